The van der Waals surface area contributed by atoms with Crippen molar-refractivity contribution in [3.8, 4) is 11.5 Å². The molecule has 162 valence electrons. The number of amides is 1. The van der Waals surface area contributed by atoms with Gasteiger partial charge in [-0.25, -0.2) is 0 Å². The predicted molar refractivity (Wildman–Crippen MR) is 125 cm³/mol. The lowest BCUT2D eigenvalue weighted by atomic mass is 10.0. The average molecular weight is 438 g/mol. The van der Waals surface area contributed by atoms with Crippen LogP contribution in [0.25, 0.3) is 0 Å². The van der Waals surface area contributed by atoms with E-state index in [1.807, 2.05) is 55.5 Å². The molecule has 1 amide bonds. The van der Waals surface area contributed by atoms with E-state index in [9.17, 15) is 4.79 Å². The molecule has 0 unspecified atom stereocenters. The van der Waals surface area contributed by atoms with E-state index in [2.05, 4.69) is 25.2 Å². The first-order chi connectivity index (χ1) is 14.9. The molecule has 0 spiro atoms. The summed E-state index contributed by atoms with van der Waals surface area (Å²) in [7, 11) is 1.61. The second-order valence-electron chi connectivity index (χ2n) is 7.75. The third-order valence-electron chi connectivity index (χ3n) is 5.18. The predicted octanol–water partition coefficient (Wildman–Crippen LogP) is 6.54. The maximum Gasteiger partial charge on any atom is 0.251 e. The van der Waals surface area contributed by atoms with E-state index in [1.165, 1.54) is 0 Å². The summed E-state index contributed by atoms with van der Waals surface area (Å²) in [6.45, 7) is 6.52. The Bertz CT molecular complexity index is 1030. The smallest absolute Gasteiger partial charge is 0.251 e. The number of carbonyl (C=O) groups excluding carboxylic acids is 1. The zero-order chi connectivity index (χ0) is 22.4. The first-order valence-electron chi connectivity index (χ1n) is 10.3. The second kappa shape index (κ2) is 10.4. The fourth-order valence-corrected chi connectivity index (χ4v) is 3.52. The van der Waals surface area contributed by atoms with Gasteiger partial charge in [-0.05, 0) is 60.4 Å². The minimum atomic E-state index is -0.158. The van der Waals surface area contributed by atoms with E-state index in [4.69, 9.17) is 21.1 Å². The van der Waals surface area contributed by atoms with Crippen LogP contribution in [-0.2, 0) is 6.61 Å². The Balaban J connectivity index is 1.75. The number of hydrogen-bond acceptors (Lipinski definition) is 3. The number of hydrogen-bond donors (Lipinski definition) is 1. The number of ether oxygens (including phenoxy) is 2. The molecule has 0 heterocycles. The van der Waals surface area contributed by atoms with Crippen LogP contribution in [0.4, 0.5) is 0 Å². The van der Waals surface area contributed by atoms with E-state index < -0.39 is 0 Å². The lowest BCUT2D eigenvalue weighted by Gasteiger charge is -2.17. The van der Waals surface area contributed by atoms with E-state index in [-0.39, 0.29) is 11.9 Å². The van der Waals surface area contributed by atoms with Crippen molar-refractivity contribution < 1.29 is 14.3 Å². The van der Waals surface area contributed by atoms with Crippen LogP contribution in [0.15, 0.2) is 66.7 Å². The lowest BCUT2D eigenvalue weighted by molar-refractivity contribution is 0.0939. The van der Waals surface area contributed by atoms with Crippen molar-refractivity contribution in [2.75, 3.05) is 7.11 Å². The molecule has 0 fully saturated rings. The monoisotopic (exact) mass is 437 g/mol. The highest BCUT2D eigenvalue weighted by atomic mass is 35.5. The van der Waals surface area contributed by atoms with Crippen molar-refractivity contribution in [3.63, 3.8) is 0 Å². The molecule has 1 atom stereocenters. The highest BCUT2D eigenvalue weighted by Gasteiger charge is 2.15. The Morgan fingerprint density at radius 1 is 0.968 bits per heavy atom. The molecule has 31 heavy (non-hydrogen) atoms. The first kappa shape index (κ1) is 22.7. The molecule has 0 saturated heterocycles. The van der Waals surface area contributed by atoms with Gasteiger partial charge in [0.2, 0.25) is 0 Å². The van der Waals surface area contributed by atoms with Crippen LogP contribution in [0.3, 0.4) is 0 Å². The van der Waals surface area contributed by atoms with Gasteiger partial charge in [0.25, 0.3) is 5.91 Å². The molecule has 3 rings (SSSR count). The highest BCUT2D eigenvalue weighted by molar-refractivity contribution is 6.30. The van der Waals surface area contributed by atoms with Crippen molar-refractivity contribution in [2.24, 2.45) is 0 Å². The summed E-state index contributed by atoms with van der Waals surface area (Å²) < 4.78 is 11.6. The molecule has 1 N–H and O–H groups in total. The Labute approximate surface area is 189 Å². The summed E-state index contributed by atoms with van der Waals surface area (Å²) in [5, 5.41) is 3.70. The van der Waals surface area contributed by atoms with Gasteiger partial charge in [0.1, 0.15) is 18.1 Å². The summed E-state index contributed by atoms with van der Waals surface area (Å²) in [6, 6.07) is 20.7. The molecular weight excluding hydrogens is 410 g/mol. The number of nitrogens with one attached hydrogen (secondary N) is 1. The molecule has 3 aromatic rings. The molecule has 4 nitrogen and oxygen atoms in total. The van der Waals surface area contributed by atoms with Gasteiger partial charge >= 0.3 is 0 Å². The van der Waals surface area contributed by atoms with E-state index >= 15 is 0 Å². The lowest BCUT2D eigenvalue weighted by Crippen LogP contribution is -2.26. The average Bonchev–Trinajstić information content (AvgIpc) is 2.77. The Morgan fingerprint density at radius 3 is 2.35 bits per heavy atom. The molecule has 0 aliphatic carbocycles. The molecule has 3 aromatic carbocycles. The normalized spacial score (nSPS) is 11.8. The Hall–Kier alpha value is -2.98. The number of rotatable bonds is 8. The van der Waals surface area contributed by atoms with Gasteiger partial charge in [-0.15, -0.1) is 0 Å². The van der Waals surface area contributed by atoms with Gasteiger partial charge < -0.3 is 14.8 Å². The zero-order valence-corrected chi connectivity index (χ0v) is 19.1. The zero-order valence-electron chi connectivity index (χ0n) is 18.3. The van der Waals surface area contributed by atoms with Crippen LogP contribution >= 0.6 is 11.6 Å². The van der Waals surface area contributed by atoms with Crippen molar-refractivity contribution >= 4 is 17.5 Å². The standard InChI is InChI=1S/C26H28ClNO3/c1-17(2)23-7-5-6-8-25(23)31-16-21-15-20(11-14-24(21)30-4)26(29)28-18(3)19-9-12-22(27)13-10-19/h5-15,17-18H,16H2,1-4H3,(H,28,29)/t18-/m1/s1. The van der Waals surface area contributed by atoms with Gasteiger partial charge in [0.05, 0.1) is 13.2 Å². The number of para-hydroxylation sites is 1. The molecular formula is C26H28ClNO3. The SMILES string of the molecule is COc1ccc(C(=O)N[C@H](C)c2ccc(Cl)cc2)cc1COc1ccccc1C(C)C. The fourth-order valence-electron chi connectivity index (χ4n) is 3.39. The van der Waals surface area contributed by atoms with E-state index in [1.54, 1.807) is 19.2 Å². The first-order valence-corrected chi connectivity index (χ1v) is 10.7. The van der Waals surface area contributed by atoms with Gasteiger partial charge in [-0.3, -0.25) is 4.79 Å². The summed E-state index contributed by atoms with van der Waals surface area (Å²) in [6.07, 6.45) is 0. The van der Waals surface area contributed by atoms with Gasteiger partial charge in [-0.1, -0.05) is 55.8 Å². The maximum atomic E-state index is 12.8. The van der Waals surface area contributed by atoms with Gasteiger partial charge in [0.15, 0.2) is 0 Å². The van der Waals surface area contributed by atoms with E-state index in [0.29, 0.717) is 28.9 Å². The highest BCUT2D eigenvalue weighted by Crippen LogP contribution is 2.28. The minimum Gasteiger partial charge on any atom is -0.496 e. The van der Waals surface area contributed by atoms with Gasteiger partial charge in [0, 0.05) is 16.1 Å². The Kier molecular flexibility index (Phi) is 7.59. The molecule has 0 radical (unpaired) electrons. The summed E-state index contributed by atoms with van der Waals surface area (Å²) in [5.41, 5.74) is 3.50. The van der Waals surface area contributed by atoms with Crippen molar-refractivity contribution in [1.82, 2.24) is 5.32 Å². The van der Waals surface area contributed by atoms with Crippen LogP contribution in [0.5, 0.6) is 11.5 Å². The summed E-state index contributed by atoms with van der Waals surface area (Å²) in [5.74, 6) is 1.72. The van der Waals surface area contributed by atoms with Crippen molar-refractivity contribution in [2.45, 2.75) is 39.3 Å². The maximum absolute atomic E-state index is 12.8. The van der Waals surface area contributed by atoms with Crippen LogP contribution in [0.1, 0.15) is 59.8 Å². The number of methoxy groups -OCH3 is 1. The molecule has 0 saturated carbocycles. The van der Waals surface area contributed by atoms with Crippen LogP contribution in [0.2, 0.25) is 5.02 Å². The summed E-state index contributed by atoms with van der Waals surface area (Å²) >= 11 is 5.95. The second-order valence-corrected chi connectivity index (χ2v) is 8.19. The largest absolute Gasteiger partial charge is 0.496 e. The molecule has 0 aliphatic rings. The van der Waals surface area contributed by atoms with Crippen LogP contribution in [-0.4, -0.2) is 13.0 Å². The molecule has 0 aliphatic heterocycles. The third kappa shape index (κ3) is 5.80. The van der Waals surface area contributed by atoms with Gasteiger partial charge in [-0.2, -0.15) is 0 Å². The summed E-state index contributed by atoms with van der Waals surface area (Å²) in [4.78, 5) is 12.8. The third-order valence-corrected chi connectivity index (χ3v) is 5.44. The van der Waals surface area contributed by atoms with Crippen LogP contribution in [0, 0.1) is 0 Å². The number of halogens is 1. The molecule has 5 heteroatoms. The Morgan fingerprint density at radius 2 is 1.68 bits per heavy atom. The molecule has 0 aromatic heterocycles. The number of benzene rings is 3. The van der Waals surface area contributed by atoms with Crippen molar-refractivity contribution in [3.05, 3.63) is 94.0 Å². The van der Waals surface area contributed by atoms with Crippen molar-refractivity contribution in [1.29, 1.82) is 0 Å². The van der Waals surface area contributed by atoms with Crippen LogP contribution < -0.4 is 14.8 Å². The fraction of sp³-hybridized carbons (Fsp3) is 0.269. The number of carbonyl (C=O) groups is 1. The molecule has 0 bridgehead atoms. The minimum absolute atomic E-state index is 0.149. The van der Waals surface area contributed by atoms with E-state index in [0.717, 1.165) is 22.4 Å². The quantitative estimate of drug-likeness (QED) is 0.435. The topological polar surface area (TPSA) is 47.6 Å².